The molecule has 2 nitrogen and oxygen atoms in total. The van der Waals surface area contributed by atoms with Crippen LogP contribution in [0.5, 0.6) is 0 Å². The van der Waals surface area contributed by atoms with Gasteiger partial charge in [0.2, 0.25) is 0 Å². The van der Waals surface area contributed by atoms with Gasteiger partial charge in [-0.05, 0) is 26.2 Å². The molecule has 0 unspecified atom stereocenters. The highest BCUT2D eigenvalue weighted by Gasteiger charge is 2.41. The van der Waals surface area contributed by atoms with E-state index in [0.29, 0.717) is 5.92 Å². The second kappa shape index (κ2) is 3.43. The first-order valence-electron chi connectivity index (χ1n) is 5.09. The second-order valence-electron chi connectivity index (χ2n) is 4.35. The molecule has 0 aromatic heterocycles. The van der Waals surface area contributed by atoms with E-state index in [2.05, 4.69) is 13.5 Å². The summed E-state index contributed by atoms with van der Waals surface area (Å²) in [7, 11) is 0. The van der Waals surface area contributed by atoms with Crippen LogP contribution in [0.3, 0.4) is 0 Å². The average molecular weight is 182 g/mol. The minimum atomic E-state index is 0.141. The van der Waals surface area contributed by atoms with Gasteiger partial charge in [-0.2, -0.15) is 0 Å². The van der Waals surface area contributed by atoms with Gasteiger partial charge in [0.25, 0.3) is 0 Å². The molecule has 0 N–H and O–H groups in total. The highest BCUT2D eigenvalue weighted by molar-refractivity contribution is 5.04. The molecule has 0 bridgehead atoms. The van der Waals surface area contributed by atoms with E-state index < -0.39 is 0 Å². The van der Waals surface area contributed by atoms with Crippen LogP contribution in [0.1, 0.15) is 26.2 Å². The van der Waals surface area contributed by atoms with Crippen LogP contribution in [-0.4, -0.2) is 25.4 Å². The number of rotatable bonds is 1. The molecule has 0 aliphatic carbocycles. The van der Waals surface area contributed by atoms with E-state index >= 15 is 0 Å². The summed E-state index contributed by atoms with van der Waals surface area (Å²) in [6, 6.07) is 0. The van der Waals surface area contributed by atoms with Crippen molar-refractivity contribution in [3.05, 3.63) is 12.2 Å². The van der Waals surface area contributed by atoms with Crippen LogP contribution in [0.2, 0.25) is 0 Å². The van der Waals surface area contributed by atoms with Crippen molar-refractivity contribution in [2.24, 2.45) is 5.92 Å². The highest BCUT2D eigenvalue weighted by atomic mass is 16.5. The van der Waals surface area contributed by atoms with Crippen molar-refractivity contribution in [3.63, 3.8) is 0 Å². The maximum Gasteiger partial charge on any atom is 0.0733 e. The number of hydrogen-bond donors (Lipinski definition) is 0. The Labute approximate surface area is 79.9 Å². The summed E-state index contributed by atoms with van der Waals surface area (Å²) in [6.45, 7) is 8.71. The van der Waals surface area contributed by atoms with Crippen LogP contribution in [0.25, 0.3) is 0 Å². The molecule has 13 heavy (non-hydrogen) atoms. The predicted octanol–water partition coefficient (Wildman–Crippen LogP) is 2.15. The van der Waals surface area contributed by atoms with Crippen LogP contribution in [0.4, 0.5) is 0 Å². The first-order valence-corrected chi connectivity index (χ1v) is 5.09. The molecule has 2 saturated heterocycles. The van der Waals surface area contributed by atoms with E-state index in [1.807, 2.05) is 0 Å². The first kappa shape index (κ1) is 9.22. The summed E-state index contributed by atoms with van der Waals surface area (Å²) in [5.41, 5.74) is 1.41. The minimum absolute atomic E-state index is 0.141. The fraction of sp³-hybridized carbons (Fsp3) is 0.818. The zero-order valence-electron chi connectivity index (χ0n) is 8.34. The van der Waals surface area contributed by atoms with Gasteiger partial charge >= 0.3 is 0 Å². The Bertz CT molecular complexity index is 204. The van der Waals surface area contributed by atoms with Crippen LogP contribution >= 0.6 is 0 Å². The zero-order valence-corrected chi connectivity index (χ0v) is 8.34. The summed E-state index contributed by atoms with van der Waals surface area (Å²) in [4.78, 5) is 0. The Hall–Kier alpha value is -0.340. The molecule has 0 saturated carbocycles. The molecule has 2 heterocycles. The van der Waals surface area contributed by atoms with Crippen molar-refractivity contribution in [1.82, 2.24) is 0 Å². The highest BCUT2D eigenvalue weighted by Crippen LogP contribution is 2.39. The molecule has 0 aromatic rings. The Morgan fingerprint density at radius 3 is 2.62 bits per heavy atom. The lowest BCUT2D eigenvalue weighted by atomic mass is 9.85. The third-order valence-electron chi connectivity index (χ3n) is 3.31. The third-order valence-corrected chi connectivity index (χ3v) is 3.31. The minimum Gasteiger partial charge on any atom is -0.381 e. The lowest BCUT2D eigenvalue weighted by Crippen LogP contribution is -2.35. The molecule has 1 atom stereocenters. The summed E-state index contributed by atoms with van der Waals surface area (Å²) < 4.78 is 11.3. The predicted molar refractivity (Wildman–Crippen MR) is 51.7 cm³/mol. The lowest BCUT2D eigenvalue weighted by Gasteiger charge is -2.32. The van der Waals surface area contributed by atoms with Gasteiger partial charge in [0, 0.05) is 19.1 Å². The third kappa shape index (κ3) is 1.79. The molecular formula is C11H18O2. The van der Waals surface area contributed by atoms with Gasteiger partial charge in [0.1, 0.15) is 0 Å². The molecule has 1 spiro atoms. The topological polar surface area (TPSA) is 18.5 Å². The molecule has 0 aromatic carbocycles. The molecule has 0 amide bonds. The van der Waals surface area contributed by atoms with Gasteiger partial charge in [0.05, 0.1) is 12.2 Å². The summed E-state index contributed by atoms with van der Waals surface area (Å²) in [6.07, 6.45) is 3.29. The Morgan fingerprint density at radius 1 is 1.38 bits per heavy atom. The maximum atomic E-state index is 5.91. The Balaban J connectivity index is 1.98. The Morgan fingerprint density at radius 2 is 2.08 bits per heavy atom. The second-order valence-corrected chi connectivity index (χ2v) is 4.35. The van der Waals surface area contributed by atoms with Gasteiger partial charge in [-0.15, -0.1) is 0 Å². The average Bonchev–Trinajstić information content (AvgIpc) is 2.51. The SMILES string of the molecule is C=C(C)[C@H]1COC2(CCOCC2)C1. The van der Waals surface area contributed by atoms with E-state index in [0.717, 1.165) is 39.1 Å². The van der Waals surface area contributed by atoms with Gasteiger partial charge in [0.15, 0.2) is 0 Å². The van der Waals surface area contributed by atoms with Gasteiger partial charge in [-0.25, -0.2) is 0 Å². The van der Waals surface area contributed by atoms with Crippen molar-refractivity contribution in [2.75, 3.05) is 19.8 Å². The monoisotopic (exact) mass is 182 g/mol. The fourth-order valence-corrected chi connectivity index (χ4v) is 2.25. The fourth-order valence-electron chi connectivity index (χ4n) is 2.25. The number of ether oxygens (including phenoxy) is 2. The molecule has 2 heteroatoms. The van der Waals surface area contributed by atoms with Crippen molar-refractivity contribution in [3.8, 4) is 0 Å². The summed E-state index contributed by atoms with van der Waals surface area (Å²) in [5, 5.41) is 0. The Kier molecular flexibility index (Phi) is 2.43. The van der Waals surface area contributed by atoms with Gasteiger partial charge in [-0.3, -0.25) is 0 Å². The van der Waals surface area contributed by atoms with E-state index in [9.17, 15) is 0 Å². The van der Waals surface area contributed by atoms with E-state index in [4.69, 9.17) is 9.47 Å². The molecule has 0 radical (unpaired) electrons. The van der Waals surface area contributed by atoms with E-state index in [-0.39, 0.29) is 5.60 Å². The molecule has 2 fully saturated rings. The van der Waals surface area contributed by atoms with Crippen molar-refractivity contribution >= 4 is 0 Å². The summed E-state index contributed by atoms with van der Waals surface area (Å²) in [5.74, 6) is 0.582. The standard InChI is InChI=1S/C11H18O2/c1-9(2)10-7-11(13-8-10)3-5-12-6-4-11/h10H,1,3-8H2,2H3/t10-/m1/s1. The van der Waals surface area contributed by atoms with Crippen LogP contribution in [0.15, 0.2) is 12.2 Å². The van der Waals surface area contributed by atoms with Gasteiger partial charge in [-0.1, -0.05) is 12.2 Å². The first-order chi connectivity index (χ1) is 6.22. The molecule has 2 rings (SSSR count). The molecular weight excluding hydrogens is 164 g/mol. The lowest BCUT2D eigenvalue weighted by molar-refractivity contribution is -0.0777. The zero-order chi connectivity index (χ0) is 9.31. The van der Waals surface area contributed by atoms with E-state index in [1.54, 1.807) is 0 Å². The smallest absolute Gasteiger partial charge is 0.0733 e. The molecule has 2 aliphatic rings. The van der Waals surface area contributed by atoms with Gasteiger partial charge < -0.3 is 9.47 Å². The van der Waals surface area contributed by atoms with Crippen molar-refractivity contribution in [2.45, 2.75) is 31.8 Å². The summed E-state index contributed by atoms with van der Waals surface area (Å²) >= 11 is 0. The largest absolute Gasteiger partial charge is 0.381 e. The quantitative estimate of drug-likeness (QED) is 0.578. The van der Waals surface area contributed by atoms with Crippen LogP contribution in [-0.2, 0) is 9.47 Å². The maximum absolute atomic E-state index is 5.91. The molecule has 2 aliphatic heterocycles. The normalized spacial score (nSPS) is 32.2. The van der Waals surface area contributed by atoms with Crippen LogP contribution in [0, 0.1) is 5.92 Å². The number of hydrogen-bond acceptors (Lipinski definition) is 2. The van der Waals surface area contributed by atoms with E-state index in [1.165, 1.54) is 5.57 Å². The van der Waals surface area contributed by atoms with Crippen molar-refractivity contribution < 1.29 is 9.47 Å². The van der Waals surface area contributed by atoms with Crippen molar-refractivity contribution in [1.29, 1.82) is 0 Å². The van der Waals surface area contributed by atoms with Crippen LogP contribution < -0.4 is 0 Å². The molecule has 74 valence electrons.